The van der Waals surface area contributed by atoms with Crippen LogP contribution in [0.25, 0.3) is 0 Å². The molecule has 0 aliphatic carbocycles. The fourth-order valence-electron chi connectivity index (χ4n) is 0.869. The molecule has 0 heterocycles. The van der Waals surface area contributed by atoms with Crippen LogP contribution in [0.5, 0.6) is 0 Å². The minimum atomic E-state index is -3.61. The van der Waals surface area contributed by atoms with Crippen molar-refractivity contribution < 1.29 is 13.2 Å². The molecule has 0 saturated heterocycles. The Balaban J connectivity index is 3.62. The fraction of sp³-hybridized carbons (Fsp3) is 0.857. The number of rotatable bonds is 6. The van der Waals surface area contributed by atoms with Gasteiger partial charge in [0.2, 0.25) is 10.0 Å². The fourth-order valence-corrected chi connectivity index (χ4v) is 1.46. The van der Waals surface area contributed by atoms with E-state index in [4.69, 9.17) is 5.14 Å². The molecule has 0 aromatic carbocycles. The summed E-state index contributed by atoms with van der Waals surface area (Å²) >= 11 is 0. The maximum absolute atomic E-state index is 10.9. The number of ketones is 1. The molecule has 0 saturated carbocycles. The summed E-state index contributed by atoms with van der Waals surface area (Å²) in [5.41, 5.74) is 0. The molecule has 0 fully saturated rings. The lowest BCUT2D eigenvalue weighted by Gasteiger charge is -1.97. The number of hydrogen-bond donors (Lipinski definition) is 1. The number of carbonyl (C=O) groups is 1. The lowest BCUT2D eigenvalue weighted by Crippen LogP contribution is -2.22. The third kappa shape index (κ3) is 7.68. The molecule has 72 valence electrons. The van der Waals surface area contributed by atoms with Crippen LogP contribution in [-0.4, -0.2) is 20.0 Å². The highest BCUT2D eigenvalue weighted by atomic mass is 32.2. The van der Waals surface area contributed by atoms with Crippen LogP contribution in [0.1, 0.15) is 32.6 Å². The Bertz CT molecular complexity index is 233. The van der Waals surface area contributed by atoms with E-state index in [2.05, 4.69) is 0 Å². The summed E-state index contributed by atoms with van der Waals surface area (Å²) in [7, 11) is -3.61. The minimum absolute atomic E-state index is 0.286. The van der Waals surface area contributed by atoms with E-state index < -0.39 is 15.8 Å². The largest absolute Gasteiger partial charge is 0.299 e. The van der Waals surface area contributed by atoms with E-state index in [1.807, 2.05) is 6.92 Å². The van der Waals surface area contributed by atoms with Crippen LogP contribution in [0.3, 0.4) is 0 Å². The Labute approximate surface area is 73.2 Å². The van der Waals surface area contributed by atoms with Crippen LogP contribution in [-0.2, 0) is 14.8 Å². The van der Waals surface area contributed by atoms with Gasteiger partial charge in [0.1, 0.15) is 11.5 Å². The zero-order chi connectivity index (χ0) is 9.61. The predicted octanol–water partition coefficient (Wildman–Crippen LogP) is 0.424. The first-order valence-electron chi connectivity index (χ1n) is 3.98. The van der Waals surface area contributed by atoms with E-state index in [1.165, 1.54) is 0 Å². The van der Waals surface area contributed by atoms with Crippen LogP contribution < -0.4 is 5.14 Å². The van der Waals surface area contributed by atoms with Crippen molar-refractivity contribution in [2.75, 3.05) is 5.75 Å². The van der Waals surface area contributed by atoms with Crippen LogP contribution in [0.4, 0.5) is 0 Å². The quantitative estimate of drug-likeness (QED) is 0.621. The maximum atomic E-state index is 10.9. The zero-order valence-corrected chi connectivity index (χ0v) is 8.06. The van der Waals surface area contributed by atoms with Crippen molar-refractivity contribution in [3.63, 3.8) is 0 Å². The Morgan fingerprint density at radius 2 is 1.92 bits per heavy atom. The third-order valence-electron chi connectivity index (χ3n) is 1.42. The topological polar surface area (TPSA) is 77.2 Å². The first-order valence-corrected chi connectivity index (χ1v) is 5.69. The highest BCUT2D eigenvalue weighted by molar-refractivity contribution is 7.89. The second kappa shape index (κ2) is 5.27. The second-order valence-corrected chi connectivity index (χ2v) is 4.42. The summed E-state index contributed by atoms with van der Waals surface area (Å²) < 4.78 is 20.9. The molecule has 0 aliphatic heterocycles. The van der Waals surface area contributed by atoms with E-state index in [-0.39, 0.29) is 5.78 Å². The molecule has 0 unspecified atom stereocenters. The molecule has 12 heavy (non-hydrogen) atoms. The van der Waals surface area contributed by atoms with E-state index >= 15 is 0 Å². The first kappa shape index (κ1) is 11.6. The number of sulfonamides is 1. The van der Waals surface area contributed by atoms with Crippen molar-refractivity contribution in [2.45, 2.75) is 32.6 Å². The summed E-state index contributed by atoms with van der Waals surface area (Å²) in [5, 5.41) is 4.69. The smallest absolute Gasteiger partial charge is 0.216 e. The number of carbonyl (C=O) groups excluding carboxylic acids is 1. The predicted molar refractivity (Wildman–Crippen MR) is 47.1 cm³/mol. The van der Waals surface area contributed by atoms with Gasteiger partial charge >= 0.3 is 0 Å². The SMILES string of the molecule is CCCCCC(=O)CS(N)(=O)=O. The van der Waals surface area contributed by atoms with Gasteiger partial charge in [-0.15, -0.1) is 0 Å². The van der Waals surface area contributed by atoms with E-state index in [9.17, 15) is 13.2 Å². The van der Waals surface area contributed by atoms with Crippen molar-refractivity contribution in [2.24, 2.45) is 5.14 Å². The highest BCUT2D eigenvalue weighted by Crippen LogP contribution is 2.00. The minimum Gasteiger partial charge on any atom is -0.299 e. The van der Waals surface area contributed by atoms with Gasteiger partial charge in [-0.05, 0) is 6.42 Å². The first-order chi connectivity index (χ1) is 5.45. The monoisotopic (exact) mass is 193 g/mol. The van der Waals surface area contributed by atoms with Crippen LogP contribution in [0.15, 0.2) is 0 Å². The van der Waals surface area contributed by atoms with Crippen molar-refractivity contribution >= 4 is 15.8 Å². The molecular weight excluding hydrogens is 178 g/mol. The highest BCUT2D eigenvalue weighted by Gasteiger charge is 2.10. The maximum Gasteiger partial charge on any atom is 0.216 e. The third-order valence-corrected chi connectivity index (χ3v) is 2.15. The van der Waals surface area contributed by atoms with Crippen molar-refractivity contribution in [1.29, 1.82) is 0 Å². The van der Waals surface area contributed by atoms with Crippen molar-refractivity contribution in [1.82, 2.24) is 0 Å². The molecule has 0 radical (unpaired) electrons. The summed E-state index contributed by atoms with van der Waals surface area (Å²) in [4.78, 5) is 10.9. The number of unbranched alkanes of at least 4 members (excludes halogenated alkanes) is 2. The van der Waals surface area contributed by atoms with Gasteiger partial charge in [-0.1, -0.05) is 19.8 Å². The summed E-state index contributed by atoms with van der Waals surface area (Å²) in [6.07, 6.45) is 3.05. The summed E-state index contributed by atoms with van der Waals surface area (Å²) in [6.45, 7) is 2.02. The lowest BCUT2D eigenvalue weighted by atomic mass is 10.2. The lowest BCUT2D eigenvalue weighted by molar-refractivity contribution is -0.116. The zero-order valence-electron chi connectivity index (χ0n) is 7.25. The van der Waals surface area contributed by atoms with Gasteiger partial charge in [-0.2, -0.15) is 0 Å². The Morgan fingerprint density at radius 3 is 2.33 bits per heavy atom. The molecule has 0 aromatic rings. The van der Waals surface area contributed by atoms with Gasteiger partial charge < -0.3 is 0 Å². The molecule has 5 heteroatoms. The number of nitrogens with two attached hydrogens (primary N) is 1. The van der Waals surface area contributed by atoms with Gasteiger partial charge in [-0.25, -0.2) is 13.6 Å². The van der Waals surface area contributed by atoms with Crippen LogP contribution >= 0.6 is 0 Å². The number of hydrogen-bond acceptors (Lipinski definition) is 3. The average Bonchev–Trinajstić information content (AvgIpc) is 1.84. The van der Waals surface area contributed by atoms with E-state index in [0.29, 0.717) is 6.42 Å². The van der Waals surface area contributed by atoms with Gasteiger partial charge in [0, 0.05) is 6.42 Å². The average molecular weight is 193 g/mol. The summed E-state index contributed by atoms with van der Waals surface area (Å²) in [5.74, 6) is -0.803. The molecule has 0 aliphatic rings. The Hall–Kier alpha value is -0.420. The van der Waals surface area contributed by atoms with Gasteiger partial charge in [0.25, 0.3) is 0 Å². The van der Waals surface area contributed by atoms with Crippen LogP contribution in [0, 0.1) is 0 Å². The molecule has 0 rings (SSSR count). The van der Waals surface area contributed by atoms with Gasteiger partial charge in [0.15, 0.2) is 0 Å². The molecule has 0 amide bonds. The second-order valence-electron chi connectivity index (χ2n) is 2.80. The summed E-state index contributed by atoms with van der Waals surface area (Å²) in [6, 6.07) is 0. The molecule has 2 N–H and O–H groups in total. The van der Waals surface area contributed by atoms with Crippen molar-refractivity contribution in [3.05, 3.63) is 0 Å². The Kier molecular flexibility index (Phi) is 5.08. The number of primary sulfonamides is 1. The molecule has 0 aromatic heterocycles. The number of Topliss-reactive ketones (excluding diaryl/α,β-unsaturated/α-hetero) is 1. The molecule has 0 bridgehead atoms. The van der Waals surface area contributed by atoms with Crippen LogP contribution in [0.2, 0.25) is 0 Å². The van der Waals surface area contributed by atoms with E-state index in [1.54, 1.807) is 0 Å². The Morgan fingerprint density at radius 1 is 1.33 bits per heavy atom. The van der Waals surface area contributed by atoms with Crippen molar-refractivity contribution in [3.8, 4) is 0 Å². The molecular formula is C7H15NO3S. The van der Waals surface area contributed by atoms with Gasteiger partial charge in [-0.3, -0.25) is 4.79 Å². The van der Waals surface area contributed by atoms with E-state index in [0.717, 1.165) is 19.3 Å². The normalized spacial score (nSPS) is 11.5. The molecule has 0 atom stereocenters. The standard InChI is InChI=1S/C7H15NO3S/c1-2-3-4-5-7(9)6-12(8,10)11/h2-6H2,1H3,(H2,8,10,11). The van der Waals surface area contributed by atoms with Gasteiger partial charge in [0.05, 0.1) is 0 Å². The molecule has 0 spiro atoms. The molecule has 4 nitrogen and oxygen atoms in total.